The highest BCUT2D eigenvalue weighted by Gasteiger charge is 2.40. The lowest BCUT2D eigenvalue weighted by atomic mass is 9.73. The second-order valence-electron chi connectivity index (χ2n) is 5.91. The van der Waals surface area contributed by atoms with Crippen LogP contribution in [0.4, 0.5) is 0 Å². The third-order valence-corrected chi connectivity index (χ3v) is 4.21. The minimum Gasteiger partial charge on any atom is -0.286 e. The number of hydrogen-bond donors (Lipinski definition) is 0. The Balaban J connectivity index is 2.75. The molecule has 0 amide bonds. The van der Waals surface area contributed by atoms with E-state index in [2.05, 4.69) is 38.7 Å². The quantitative estimate of drug-likeness (QED) is 0.725. The first-order valence-corrected chi connectivity index (χ1v) is 7.24. The smallest absolute Gasteiger partial charge is 0.109 e. The van der Waals surface area contributed by atoms with Crippen molar-refractivity contribution in [2.24, 2.45) is 11.8 Å². The molecule has 1 saturated carbocycles. The van der Waals surface area contributed by atoms with Crippen LogP contribution in [0.3, 0.4) is 0 Å². The molecule has 0 radical (unpaired) electrons. The molecule has 2 heteroatoms. The first-order chi connectivity index (χ1) is 8.07. The van der Waals surface area contributed by atoms with Crippen LogP contribution in [0.15, 0.2) is 0 Å². The Labute approximate surface area is 107 Å². The van der Waals surface area contributed by atoms with E-state index in [9.17, 15) is 5.26 Å². The summed E-state index contributed by atoms with van der Waals surface area (Å²) in [5, 5.41) is 9.63. The highest BCUT2D eigenvalue weighted by atomic mass is 15.2. The van der Waals surface area contributed by atoms with Crippen LogP contribution < -0.4 is 0 Å². The predicted molar refractivity (Wildman–Crippen MR) is 72.7 cm³/mol. The summed E-state index contributed by atoms with van der Waals surface area (Å²) in [6.07, 6.45) is 5.98. The lowest BCUT2D eigenvalue weighted by Gasteiger charge is -2.43. The van der Waals surface area contributed by atoms with E-state index in [0.717, 1.165) is 37.8 Å². The molecule has 1 fully saturated rings. The van der Waals surface area contributed by atoms with E-state index in [1.54, 1.807) is 0 Å². The molecular formula is C15H28N2. The third-order valence-electron chi connectivity index (χ3n) is 4.21. The Hall–Kier alpha value is -0.550. The number of hydrogen-bond acceptors (Lipinski definition) is 2. The molecule has 98 valence electrons. The molecule has 0 spiro atoms. The predicted octanol–water partition coefficient (Wildman–Crippen LogP) is 3.83. The van der Waals surface area contributed by atoms with Gasteiger partial charge in [0.1, 0.15) is 5.54 Å². The van der Waals surface area contributed by atoms with E-state index < -0.39 is 0 Å². The summed E-state index contributed by atoms with van der Waals surface area (Å²) in [7, 11) is 0. The molecule has 1 aliphatic carbocycles. The maximum Gasteiger partial charge on any atom is 0.109 e. The Morgan fingerprint density at radius 3 is 2.47 bits per heavy atom. The standard InChI is InChI=1S/C15H28N2/c1-5-17(6-2)15(12-16)9-7-8-14(11-15)10-13(3)4/h13-14H,5-11H2,1-4H3. The van der Waals surface area contributed by atoms with Gasteiger partial charge in [-0.3, -0.25) is 4.90 Å². The van der Waals surface area contributed by atoms with Crippen molar-refractivity contribution in [3.05, 3.63) is 0 Å². The normalized spacial score (nSPS) is 29.6. The Kier molecular flexibility index (Phi) is 5.46. The molecule has 0 bridgehead atoms. The van der Waals surface area contributed by atoms with Crippen LogP contribution in [0.5, 0.6) is 0 Å². The number of nitriles is 1. The molecule has 0 aliphatic heterocycles. The van der Waals surface area contributed by atoms with Crippen molar-refractivity contribution in [3.8, 4) is 6.07 Å². The number of rotatable bonds is 5. The molecule has 2 unspecified atom stereocenters. The van der Waals surface area contributed by atoms with Gasteiger partial charge >= 0.3 is 0 Å². The van der Waals surface area contributed by atoms with Crippen LogP contribution in [0, 0.1) is 23.2 Å². The highest BCUT2D eigenvalue weighted by Crippen LogP contribution is 2.39. The average Bonchev–Trinajstić information content (AvgIpc) is 2.30. The fourth-order valence-electron chi connectivity index (χ4n) is 3.52. The second-order valence-corrected chi connectivity index (χ2v) is 5.91. The van der Waals surface area contributed by atoms with Crippen molar-refractivity contribution < 1.29 is 0 Å². The maximum absolute atomic E-state index is 9.63. The van der Waals surface area contributed by atoms with Crippen LogP contribution >= 0.6 is 0 Å². The van der Waals surface area contributed by atoms with Gasteiger partial charge < -0.3 is 0 Å². The van der Waals surface area contributed by atoms with E-state index in [1.807, 2.05) is 0 Å². The van der Waals surface area contributed by atoms with Crippen LogP contribution in [-0.4, -0.2) is 23.5 Å². The molecule has 0 aromatic rings. The molecule has 17 heavy (non-hydrogen) atoms. The third kappa shape index (κ3) is 3.45. The molecule has 2 atom stereocenters. The van der Waals surface area contributed by atoms with Crippen LogP contribution in [-0.2, 0) is 0 Å². The molecule has 0 aromatic carbocycles. The van der Waals surface area contributed by atoms with Crippen molar-refractivity contribution in [2.75, 3.05) is 13.1 Å². The Morgan fingerprint density at radius 1 is 1.35 bits per heavy atom. The maximum atomic E-state index is 9.63. The lowest BCUT2D eigenvalue weighted by molar-refractivity contribution is 0.0776. The van der Waals surface area contributed by atoms with E-state index in [0.29, 0.717) is 0 Å². The van der Waals surface area contributed by atoms with Crippen LogP contribution in [0.2, 0.25) is 0 Å². The largest absolute Gasteiger partial charge is 0.286 e. The zero-order chi connectivity index (χ0) is 12.9. The zero-order valence-electron chi connectivity index (χ0n) is 12.0. The summed E-state index contributed by atoms with van der Waals surface area (Å²) in [5.41, 5.74) is -0.165. The summed E-state index contributed by atoms with van der Waals surface area (Å²) >= 11 is 0. The number of nitrogens with zero attached hydrogens (tertiary/aromatic N) is 2. The minimum atomic E-state index is -0.165. The summed E-state index contributed by atoms with van der Waals surface area (Å²) < 4.78 is 0. The molecule has 2 nitrogen and oxygen atoms in total. The van der Waals surface area contributed by atoms with Crippen molar-refractivity contribution in [1.82, 2.24) is 4.90 Å². The van der Waals surface area contributed by atoms with E-state index in [-0.39, 0.29) is 5.54 Å². The van der Waals surface area contributed by atoms with Gasteiger partial charge in [-0.25, -0.2) is 0 Å². The first kappa shape index (κ1) is 14.5. The summed E-state index contributed by atoms with van der Waals surface area (Å²) in [5.74, 6) is 1.51. The Bertz CT molecular complexity index is 263. The highest BCUT2D eigenvalue weighted by molar-refractivity contribution is 5.10. The molecule has 0 N–H and O–H groups in total. The van der Waals surface area contributed by atoms with Gasteiger partial charge in [-0.05, 0) is 44.2 Å². The summed E-state index contributed by atoms with van der Waals surface area (Å²) in [6, 6.07) is 2.65. The zero-order valence-corrected chi connectivity index (χ0v) is 12.0. The molecule has 0 heterocycles. The molecule has 1 aliphatic rings. The molecule has 0 aromatic heterocycles. The average molecular weight is 236 g/mol. The van der Waals surface area contributed by atoms with Gasteiger partial charge in [-0.15, -0.1) is 0 Å². The van der Waals surface area contributed by atoms with Crippen molar-refractivity contribution >= 4 is 0 Å². The van der Waals surface area contributed by atoms with Gasteiger partial charge in [0, 0.05) is 0 Å². The lowest BCUT2D eigenvalue weighted by Crippen LogP contribution is -2.50. The summed E-state index contributed by atoms with van der Waals surface area (Å²) in [4.78, 5) is 2.37. The van der Waals surface area contributed by atoms with Crippen molar-refractivity contribution in [2.45, 2.75) is 65.3 Å². The van der Waals surface area contributed by atoms with E-state index >= 15 is 0 Å². The van der Waals surface area contributed by atoms with E-state index in [4.69, 9.17) is 0 Å². The minimum absolute atomic E-state index is 0.165. The fraction of sp³-hybridized carbons (Fsp3) is 0.933. The van der Waals surface area contributed by atoms with Crippen LogP contribution in [0.25, 0.3) is 0 Å². The van der Waals surface area contributed by atoms with Gasteiger partial charge in [0.15, 0.2) is 0 Å². The van der Waals surface area contributed by atoms with Crippen molar-refractivity contribution in [1.29, 1.82) is 5.26 Å². The first-order valence-electron chi connectivity index (χ1n) is 7.24. The topological polar surface area (TPSA) is 27.0 Å². The van der Waals surface area contributed by atoms with Crippen LogP contribution in [0.1, 0.15) is 59.8 Å². The molecule has 1 rings (SSSR count). The molecule has 0 saturated heterocycles. The van der Waals surface area contributed by atoms with Gasteiger partial charge in [0.25, 0.3) is 0 Å². The molecular weight excluding hydrogens is 208 g/mol. The Morgan fingerprint density at radius 2 is 2.00 bits per heavy atom. The fourth-order valence-corrected chi connectivity index (χ4v) is 3.52. The van der Waals surface area contributed by atoms with Gasteiger partial charge in [-0.1, -0.05) is 40.5 Å². The monoisotopic (exact) mass is 236 g/mol. The second kappa shape index (κ2) is 6.40. The van der Waals surface area contributed by atoms with E-state index in [1.165, 1.54) is 19.3 Å². The van der Waals surface area contributed by atoms with Crippen molar-refractivity contribution in [3.63, 3.8) is 0 Å². The summed E-state index contributed by atoms with van der Waals surface area (Å²) in [6.45, 7) is 10.9. The SMILES string of the molecule is CCN(CC)C1(C#N)CCCC(CC(C)C)C1. The van der Waals surface area contributed by atoms with Gasteiger partial charge in [0.2, 0.25) is 0 Å². The van der Waals surface area contributed by atoms with Gasteiger partial charge in [-0.2, -0.15) is 5.26 Å². The van der Waals surface area contributed by atoms with Gasteiger partial charge in [0.05, 0.1) is 6.07 Å².